The third kappa shape index (κ3) is 4.47. The molecule has 6 aromatic heterocycles. The van der Waals surface area contributed by atoms with Crippen molar-refractivity contribution in [3.05, 3.63) is 66.2 Å². The van der Waals surface area contributed by atoms with Crippen LogP contribution in [0.4, 0.5) is 10.1 Å². The molecule has 0 aromatic carbocycles. The molecule has 0 saturated heterocycles. The van der Waals surface area contributed by atoms with Crippen LogP contribution in [0.3, 0.4) is 0 Å². The van der Waals surface area contributed by atoms with Crippen molar-refractivity contribution in [2.75, 3.05) is 5.32 Å². The molecule has 0 fully saturated rings. The molecule has 8 nitrogen and oxygen atoms in total. The molecule has 0 unspecified atom stereocenters. The second-order valence-electron chi connectivity index (χ2n) is 9.18. The van der Waals surface area contributed by atoms with E-state index in [-0.39, 0.29) is 17.0 Å². The molecule has 0 saturated carbocycles. The van der Waals surface area contributed by atoms with Gasteiger partial charge in [-0.3, -0.25) is 14.9 Å². The van der Waals surface area contributed by atoms with Gasteiger partial charge in [-0.25, -0.2) is 9.97 Å². The van der Waals surface area contributed by atoms with Crippen LogP contribution in [0.5, 0.6) is 0 Å². The number of halogens is 1. The first-order valence-electron chi connectivity index (χ1n) is 11.8. The zero-order valence-corrected chi connectivity index (χ0v) is 20.9. The fourth-order valence-corrected chi connectivity index (χ4v) is 5.08. The summed E-state index contributed by atoms with van der Waals surface area (Å²) in [5, 5.41) is 11.1. The van der Waals surface area contributed by atoms with Crippen molar-refractivity contribution in [1.29, 1.82) is 0 Å². The van der Waals surface area contributed by atoms with E-state index in [0.29, 0.717) is 34.7 Å². The topological polar surface area (TPSA) is 112 Å². The third-order valence-corrected chi connectivity index (χ3v) is 6.85. The lowest BCUT2D eigenvalue weighted by molar-refractivity contribution is -0.116. The smallest absolute Gasteiger partial charge is 0.224 e. The number of rotatable bonds is 6. The summed E-state index contributed by atoms with van der Waals surface area (Å²) in [6.07, 6.45) is 5.48. The molecule has 3 N–H and O–H groups in total. The van der Waals surface area contributed by atoms with Crippen LogP contribution in [0.1, 0.15) is 20.3 Å². The first-order chi connectivity index (χ1) is 17.9. The van der Waals surface area contributed by atoms with E-state index in [0.717, 1.165) is 43.9 Å². The summed E-state index contributed by atoms with van der Waals surface area (Å²) >= 11 is 1.10. The minimum Gasteiger partial charge on any atom is -0.338 e. The van der Waals surface area contributed by atoms with Gasteiger partial charge in [0.15, 0.2) is 5.13 Å². The van der Waals surface area contributed by atoms with Crippen molar-refractivity contribution in [2.24, 2.45) is 5.92 Å². The first kappa shape index (κ1) is 23.0. The maximum atomic E-state index is 13.7. The number of hydrogen-bond donors (Lipinski definition) is 3. The van der Waals surface area contributed by atoms with Crippen molar-refractivity contribution < 1.29 is 9.18 Å². The molecule has 0 aliphatic heterocycles. The molecular formula is C27H22FN7OS. The lowest BCUT2D eigenvalue weighted by Gasteiger charge is -2.08. The zero-order valence-electron chi connectivity index (χ0n) is 20.0. The molecule has 0 aliphatic rings. The minimum atomic E-state index is -0.233. The van der Waals surface area contributed by atoms with Crippen molar-refractivity contribution in [3.8, 4) is 33.1 Å². The van der Waals surface area contributed by atoms with E-state index in [4.69, 9.17) is 4.98 Å². The summed E-state index contributed by atoms with van der Waals surface area (Å²) in [6, 6.07) is 12.7. The van der Waals surface area contributed by atoms with E-state index in [1.165, 1.54) is 6.07 Å². The Morgan fingerprint density at radius 2 is 2.03 bits per heavy atom. The standard InChI is InChI=1S/C27H22FN7OS/c1-14(2)9-24(36)31-16-10-15(12-29-13-16)19-3-4-20-25(32-19)26(35-34-20)21-11-18-17(7-8-30-27(18)33-21)22-5-6-23(28)37-22/h3-8,10-14H,9H2,1-2H3,(H,30,33)(H,31,36)(H,34,35). The van der Waals surface area contributed by atoms with Crippen LogP contribution in [0.2, 0.25) is 0 Å². The van der Waals surface area contributed by atoms with E-state index >= 15 is 0 Å². The Morgan fingerprint density at radius 1 is 1.14 bits per heavy atom. The van der Waals surface area contributed by atoms with Gasteiger partial charge in [-0.1, -0.05) is 13.8 Å². The van der Waals surface area contributed by atoms with Crippen molar-refractivity contribution in [3.63, 3.8) is 0 Å². The number of carbonyl (C=O) groups excluding carboxylic acids is 1. The molecule has 37 heavy (non-hydrogen) atoms. The largest absolute Gasteiger partial charge is 0.338 e. The zero-order chi connectivity index (χ0) is 25.5. The highest BCUT2D eigenvalue weighted by Crippen LogP contribution is 2.35. The Hall–Kier alpha value is -4.44. The highest BCUT2D eigenvalue weighted by atomic mass is 32.1. The molecule has 0 atom stereocenters. The van der Waals surface area contributed by atoms with E-state index in [2.05, 4.69) is 30.5 Å². The van der Waals surface area contributed by atoms with Gasteiger partial charge in [-0.2, -0.15) is 9.49 Å². The summed E-state index contributed by atoms with van der Waals surface area (Å²) in [7, 11) is 0. The van der Waals surface area contributed by atoms with Crippen molar-refractivity contribution in [2.45, 2.75) is 20.3 Å². The predicted octanol–water partition coefficient (Wildman–Crippen LogP) is 6.42. The number of carbonyl (C=O) groups is 1. The van der Waals surface area contributed by atoms with Crippen LogP contribution >= 0.6 is 11.3 Å². The average Bonchev–Trinajstić information content (AvgIpc) is 3.60. The highest BCUT2D eigenvalue weighted by Gasteiger charge is 2.17. The van der Waals surface area contributed by atoms with Gasteiger partial charge in [0.2, 0.25) is 5.91 Å². The second-order valence-corrected chi connectivity index (χ2v) is 10.2. The van der Waals surface area contributed by atoms with Crippen LogP contribution in [0, 0.1) is 11.0 Å². The lowest BCUT2D eigenvalue weighted by atomic mass is 10.1. The second kappa shape index (κ2) is 9.21. The van der Waals surface area contributed by atoms with Crippen LogP contribution < -0.4 is 5.32 Å². The van der Waals surface area contributed by atoms with Crippen LogP contribution in [0.15, 0.2) is 61.1 Å². The monoisotopic (exact) mass is 511 g/mol. The van der Waals surface area contributed by atoms with Crippen LogP contribution in [-0.4, -0.2) is 36.0 Å². The van der Waals surface area contributed by atoms with Gasteiger partial charge in [0.1, 0.15) is 16.9 Å². The highest BCUT2D eigenvalue weighted by molar-refractivity contribution is 7.14. The Morgan fingerprint density at radius 3 is 2.84 bits per heavy atom. The normalized spacial score (nSPS) is 11.6. The van der Waals surface area contributed by atoms with Gasteiger partial charge >= 0.3 is 0 Å². The fraction of sp³-hybridized carbons (Fsp3) is 0.148. The summed E-state index contributed by atoms with van der Waals surface area (Å²) < 4.78 is 13.7. The Balaban J connectivity index is 1.38. The Bertz CT molecular complexity index is 1770. The summed E-state index contributed by atoms with van der Waals surface area (Å²) in [5.41, 5.74) is 6.53. The third-order valence-electron chi connectivity index (χ3n) is 5.94. The van der Waals surface area contributed by atoms with Crippen molar-refractivity contribution >= 4 is 45.0 Å². The lowest BCUT2D eigenvalue weighted by Crippen LogP contribution is -2.13. The summed E-state index contributed by atoms with van der Waals surface area (Å²) in [6.45, 7) is 4.00. The first-order valence-corrected chi connectivity index (χ1v) is 12.6. The number of aromatic nitrogens is 6. The van der Waals surface area contributed by atoms with E-state index < -0.39 is 0 Å². The van der Waals surface area contributed by atoms with E-state index in [1.807, 2.05) is 44.2 Å². The number of nitrogens with zero attached hydrogens (tertiary/aromatic N) is 4. The number of fused-ring (bicyclic) bond motifs is 2. The van der Waals surface area contributed by atoms with Crippen LogP contribution in [-0.2, 0) is 4.79 Å². The molecule has 0 spiro atoms. The number of aromatic amines is 2. The number of thiophene rings is 1. The maximum Gasteiger partial charge on any atom is 0.224 e. The van der Waals surface area contributed by atoms with Gasteiger partial charge in [-0.15, -0.1) is 11.3 Å². The van der Waals surface area contributed by atoms with Crippen molar-refractivity contribution in [1.82, 2.24) is 30.1 Å². The molecule has 0 radical (unpaired) electrons. The van der Waals surface area contributed by atoms with Crippen LogP contribution in [0.25, 0.3) is 55.2 Å². The van der Waals surface area contributed by atoms with Gasteiger partial charge < -0.3 is 10.3 Å². The predicted molar refractivity (Wildman–Crippen MR) is 144 cm³/mol. The number of H-pyrrole nitrogens is 2. The number of anilines is 1. The SMILES string of the molecule is CC(C)CC(=O)Nc1cncc(-c2ccc3[nH]nc(-c4cc5c(-c6ccc(F)s6)ccnc5[nH]4)c3n2)c1. The van der Waals surface area contributed by atoms with Gasteiger partial charge in [0.05, 0.1) is 28.8 Å². The van der Waals surface area contributed by atoms with Gasteiger partial charge in [0.25, 0.3) is 0 Å². The minimum absolute atomic E-state index is 0.0495. The molecule has 0 aliphatic carbocycles. The molecule has 6 heterocycles. The molecule has 184 valence electrons. The fourth-order valence-electron chi connectivity index (χ4n) is 4.31. The number of hydrogen-bond acceptors (Lipinski definition) is 6. The molecular weight excluding hydrogens is 489 g/mol. The molecule has 0 bridgehead atoms. The van der Waals surface area contributed by atoms with Gasteiger partial charge in [-0.05, 0) is 48.4 Å². The average molecular weight is 512 g/mol. The van der Waals surface area contributed by atoms with E-state index in [1.54, 1.807) is 24.7 Å². The number of amides is 1. The molecule has 1 amide bonds. The number of nitrogens with one attached hydrogen (secondary N) is 3. The molecule has 6 rings (SSSR count). The molecule has 10 heteroatoms. The summed E-state index contributed by atoms with van der Waals surface area (Å²) in [5.74, 6) is 0.216. The quantitative estimate of drug-likeness (QED) is 0.239. The number of pyridine rings is 3. The Labute approximate surface area is 215 Å². The van der Waals surface area contributed by atoms with Gasteiger partial charge in [0, 0.05) is 40.2 Å². The Kier molecular flexibility index (Phi) is 5.72. The molecule has 6 aromatic rings. The summed E-state index contributed by atoms with van der Waals surface area (Å²) in [4.78, 5) is 30.0. The van der Waals surface area contributed by atoms with E-state index in [9.17, 15) is 9.18 Å². The maximum absolute atomic E-state index is 13.7.